The minimum absolute atomic E-state index is 0.0527. The van der Waals surface area contributed by atoms with Gasteiger partial charge in [0.15, 0.2) is 18.0 Å². The van der Waals surface area contributed by atoms with Crippen molar-refractivity contribution in [1.82, 2.24) is 0 Å². The zero-order valence-electron chi connectivity index (χ0n) is 17.5. The molecule has 0 aromatic heterocycles. The molecule has 162 valence electrons. The summed E-state index contributed by atoms with van der Waals surface area (Å²) in [5.41, 5.74) is -2.91. The summed E-state index contributed by atoms with van der Waals surface area (Å²) in [7, 11) is 0. The highest BCUT2D eigenvalue weighted by Gasteiger charge is 2.71. The summed E-state index contributed by atoms with van der Waals surface area (Å²) >= 11 is 0. The van der Waals surface area contributed by atoms with Crippen LogP contribution in [-0.4, -0.2) is 51.8 Å². The maximum Gasteiger partial charge on any atom is 0.303 e. The molecule has 3 saturated carbocycles. The van der Waals surface area contributed by atoms with Gasteiger partial charge in [0.1, 0.15) is 5.78 Å². The van der Waals surface area contributed by atoms with Crippen LogP contribution in [0.25, 0.3) is 0 Å². The minimum Gasteiger partial charge on any atom is -0.458 e. The third kappa shape index (κ3) is 2.64. The molecule has 0 aromatic carbocycles. The lowest BCUT2D eigenvalue weighted by atomic mass is 9.46. The molecule has 4 aliphatic rings. The second-order valence-corrected chi connectivity index (χ2v) is 9.76. The van der Waals surface area contributed by atoms with E-state index in [9.17, 15) is 29.4 Å². The molecule has 0 amide bonds. The van der Waals surface area contributed by atoms with Crippen LogP contribution < -0.4 is 0 Å². The first-order chi connectivity index (χ1) is 13.9. The van der Waals surface area contributed by atoms with Gasteiger partial charge in [-0.2, -0.15) is 0 Å². The molecule has 7 nitrogen and oxygen atoms in total. The van der Waals surface area contributed by atoms with Crippen molar-refractivity contribution < 1.29 is 34.1 Å². The largest absolute Gasteiger partial charge is 0.458 e. The second kappa shape index (κ2) is 6.69. The summed E-state index contributed by atoms with van der Waals surface area (Å²) in [5, 5.41) is 22.2. The van der Waals surface area contributed by atoms with Crippen molar-refractivity contribution in [2.24, 2.45) is 28.6 Å². The van der Waals surface area contributed by atoms with E-state index in [1.54, 1.807) is 13.0 Å². The first kappa shape index (κ1) is 21.1. The van der Waals surface area contributed by atoms with Crippen molar-refractivity contribution in [3.8, 4) is 0 Å². The van der Waals surface area contributed by atoms with Crippen molar-refractivity contribution in [2.45, 2.75) is 58.2 Å². The highest BCUT2D eigenvalue weighted by Crippen LogP contribution is 2.66. The molecule has 0 bridgehead atoms. The van der Waals surface area contributed by atoms with Crippen molar-refractivity contribution in [2.75, 3.05) is 6.61 Å². The quantitative estimate of drug-likeness (QED) is 0.666. The molecular formula is C23H28O7. The summed E-state index contributed by atoms with van der Waals surface area (Å²) in [6.45, 7) is 4.20. The van der Waals surface area contributed by atoms with Gasteiger partial charge in [-0.15, -0.1) is 0 Å². The Bertz CT molecular complexity index is 901. The van der Waals surface area contributed by atoms with E-state index in [-0.39, 0.29) is 42.2 Å². The van der Waals surface area contributed by atoms with Crippen LogP contribution in [0.15, 0.2) is 23.8 Å². The molecule has 0 spiro atoms. The molecule has 7 atom stereocenters. The number of carbonyl (C=O) groups is 4. The fourth-order valence-electron chi connectivity index (χ4n) is 6.82. The van der Waals surface area contributed by atoms with Gasteiger partial charge in [-0.25, -0.2) is 0 Å². The number of carbonyl (C=O) groups excluding carboxylic acids is 4. The predicted molar refractivity (Wildman–Crippen MR) is 105 cm³/mol. The number of aliphatic hydroxyl groups excluding tert-OH is 1. The Morgan fingerprint density at radius 3 is 2.63 bits per heavy atom. The molecule has 0 aliphatic heterocycles. The molecule has 0 heterocycles. The lowest BCUT2D eigenvalue weighted by Crippen LogP contribution is -2.63. The predicted octanol–water partition coefficient (Wildman–Crippen LogP) is 1.31. The fraction of sp³-hybridized carbons (Fsp3) is 0.652. The Kier molecular flexibility index (Phi) is 4.71. The Morgan fingerprint density at radius 2 is 1.97 bits per heavy atom. The number of ketones is 3. The average molecular weight is 416 g/mol. The molecule has 0 saturated heterocycles. The van der Waals surface area contributed by atoms with Gasteiger partial charge in [0.25, 0.3) is 0 Å². The van der Waals surface area contributed by atoms with Crippen molar-refractivity contribution >= 4 is 23.3 Å². The number of allylic oxidation sites excluding steroid dienone is 4. The standard InChI is InChI=1S/C23H28O7/c1-12(24)30-11-19(28)23(29)18(27)9-16-15-5-4-13-8-14(25)6-7-21(13,2)20(15)17(26)10-22(16,23)3/h6-8,15-16,18,20,27,29H,4-5,9-11H2,1-3H3/t15-,16-,18+,20+,21-,22-,23-/m0/s1. The van der Waals surface area contributed by atoms with E-state index in [0.717, 1.165) is 12.5 Å². The Labute approximate surface area is 175 Å². The number of hydrogen-bond donors (Lipinski definition) is 2. The fourth-order valence-corrected chi connectivity index (χ4v) is 6.82. The van der Waals surface area contributed by atoms with Gasteiger partial charge >= 0.3 is 5.97 Å². The van der Waals surface area contributed by atoms with Crippen LogP contribution in [0.3, 0.4) is 0 Å². The lowest BCUT2D eigenvalue weighted by Gasteiger charge is -2.56. The molecule has 3 fully saturated rings. The van der Waals surface area contributed by atoms with Crippen LogP contribution in [0, 0.1) is 28.6 Å². The van der Waals surface area contributed by atoms with Crippen LogP contribution in [-0.2, 0) is 23.9 Å². The number of aliphatic hydroxyl groups is 2. The molecule has 7 heteroatoms. The number of Topliss-reactive ketones (excluding diaryl/α,β-unsaturated/α-hetero) is 2. The SMILES string of the molecule is CC(=O)OCC(=O)[C@@]1(O)[C@H](O)C[C@H]2[C@@H]3CCC4=CC(=O)C=C[C@]4(C)[C@H]3C(=O)C[C@@]21C. The van der Waals surface area contributed by atoms with E-state index < -0.39 is 40.9 Å². The van der Waals surface area contributed by atoms with Gasteiger partial charge in [-0.05, 0) is 43.3 Å². The first-order valence-corrected chi connectivity index (χ1v) is 10.5. The summed E-state index contributed by atoms with van der Waals surface area (Å²) in [6, 6.07) is 0. The Hall–Kier alpha value is -2.12. The van der Waals surface area contributed by atoms with Crippen LogP contribution >= 0.6 is 0 Å². The molecule has 30 heavy (non-hydrogen) atoms. The molecule has 4 rings (SSSR count). The minimum atomic E-state index is -2.15. The Morgan fingerprint density at radius 1 is 1.27 bits per heavy atom. The molecule has 0 radical (unpaired) electrons. The van der Waals surface area contributed by atoms with E-state index in [1.165, 1.54) is 6.08 Å². The van der Waals surface area contributed by atoms with E-state index in [1.807, 2.05) is 13.0 Å². The van der Waals surface area contributed by atoms with Crippen LogP contribution in [0.1, 0.15) is 46.5 Å². The molecule has 0 aromatic rings. The highest BCUT2D eigenvalue weighted by atomic mass is 16.5. The number of fused-ring (bicyclic) bond motifs is 5. The monoisotopic (exact) mass is 416 g/mol. The second-order valence-electron chi connectivity index (χ2n) is 9.76. The van der Waals surface area contributed by atoms with Crippen molar-refractivity contribution in [3.63, 3.8) is 0 Å². The molecule has 4 aliphatic carbocycles. The molecule has 0 unspecified atom stereocenters. The maximum absolute atomic E-state index is 13.5. The summed E-state index contributed by atoms with van der Waals surface area (Å²) < 4.78 is 4.79. The molecule has 2 N–H and O–H groups in total. The summed E-state index contributed by atoms with van der Waals surface area (Å²) in [4.78, 5) is 49.3. The first-order valence-electron chi connectivity index (χ1n) is 10.5. The summed E-state index contributed by atoms with van der Waals surface area (Å²) in [6.07, 6.45) is 5.08. The van der Waals surface area contributed by atoms with Crippen LogP contribution in [0.2, 0.25) is 0 Å². The van der Waals surface area contributed by atoms with Gasteiger partial charge in [0.05, 0.1) is 6.10 Å². The van der Waals surface area contributed by atoms with Gasteiger partial charge in [0, 0.05) is 30.1 Å². The topological polar surface area (TPSA) is 118 Å². The maximum atomic E-state index is 13.5. The van der Waals surface area contributed by atoms with Gasteiger partial charge in [-0.3, -0.25) is 19.2 Å². The van der Waals surface area contributed by atoms with E-state index >= 15 is 0 Å². The number of rotatable bonds is 3. The normalized spacial score (nSPS) is 44.6. The zero-order valence-corrected chi connectivity index (χ0v) is 17.5. The third-order valence-corrected chi connectivity index (χ3v) is 8.31. The van der Waals surface area contributed by atoms with Crippen molar-refractivity contribution in [1.29, 1.82) is 0 Å². The van der Waals surface area contributed by atoms with Gasteiger partial charge in [0.2, 0.25) is 5.78 Å². The van der Waals surface area contributed by atoms with Crippen LogP contribution in [0.4, 0.5) is 0 Å². The smallest absolute Gasteiger partial charge is 0.303 e. The van der Waals surface area contributed by atoms with Gasteiger partial charge in [-0.1, -0.05) is 25.5 Å². The van der Waals surface area contributed by atoms with E-state index in [4.69, 9.17) is 4.74 Å². The van der Waals surface area contributed by atoms with Gasteiger partial charge < -0.3 is 14.9 Å². The number of ether oxygens (including phenoxy) is 1. The van der Waals surface area contributed by atoms with E-state index in [2.05, 4.69) is 0 Å². The summed E-state index contributed by atoms with van der Waals surface area (Å²) in [5.74, 6) is -2.30. The average Bonchev–Trinajstić information content (AvgIpc) is 2.87. The molecular weight excluding hydrogens is 388 g/mol. The van der Waals surface area contributed by atoms with E-state index in [0.29, 0.717) is 12.8 Å². The Balaban J connectivity index is 1.71. The van der Waals surface area contributed by atoms with Crippen molar-refractivity contribution in [3.05, 3.63) is 23.8 Å². The zero-order chi connectivity index (χ0) is 22.1. The number of esters is 1. The third-order valence-electron chi connectivity index (χ3n) is 8.31. The number of hydrogen-bond acceptors (Lipinski definition) is 7. The lowest BCUT2D eigenvalue weighted by molar-refractivity contribution is -0.182. The highest BCUT2D eigenvalue weighted by molar-refractivity contribution is 6.02. The van der Waals surface area contributed by atoms with Crippen LogP contribution in [0.5, 0.6) is 0 Å².